The van der Waals surface area contributed by atoms with Crippen LogP contribution in [0.5, 0.6) is 0 Å². The Balaban J connectivity index is 2.20. The first-order valence-corrected chi connectivity index (χ1v) is 5.79. The highest BCUT2D eigenvalue weighted by Crippen LogP contribution is 2.20. The Morgan fingerprint density at radius 2 is 2.32 bits per heavy atom. The molecule has 2 aromatic rings. The molecule has 0 radical (unpaired) electrons. The number of hydrogen-bond donors (Lipinski definition) is 2. The van der Waals surface area contributed by atoms with Gasteiger partial charge < -0.3 is 20.4 Å². The summed E-state index contributed by atoms with van der Waals surface area (Å²) in [4.78, 5) is 15.9. The molecule has 0 bridgehead atoms. The monoisotopic (exact) mass is 260 g/mol. The Morgan fingerprint density at radius 3 is 2.95 bits per heavy atom. The van der Waals surface area contributed by atoms with Gasteiger partial charge in [0, 0.05) is 30.8 Å². The molecule has 0 amide bonds. The minimum absolute atomic E-state index is 0.414. The second-order valence-electron chi connectivity index (χ2n) is 4.10. The van der Waals surface area contributed by atoms with Gasteiger partial charge in [0.2, 0.25) is 0 Å². The maximum absolute atomic E-state index is 11.7. The molecule has 0 saturated carbocycles. The molecule has 19 heavy (non-hydrogen) atoms. The lowest BCUT2D eigenvalue weighted by Crippen LogP contribution is -2.11. The fourth-order valence-corrected chi connectivity index (χ4v) is 1.74. The number of carbonyl (C=O) groups is 1. The zero-order valence-electron chi connectivity index (χ0n) is 10.9. The van der Waals surface area contributed by atoms with Crippen molar-refractivity contribution in [3.8, 4) is 0 Å². The maximum atomic E-state index is 11.7. The van der Waals surface area contributed by atoms with E-state index in [0.717, 1.165) is 5.82 Å². The van der Waals surface area contributed by atoms with Gasteiger partial charge in [-0.1, -0.05) is 0 Å². The van der Waals surface area contributed by atoms with Gasteiger partial charge in [0.1, 0.15) is 5.82 Å². The summed E-state index contributed by atoms with van der Waals surface area (Å²) in [6.45, 7) is 0.511. The smallest absolute Gasteiger partial charge is 0.340 e. The van der Waals surface area contributed by atoms with Crippen molar-refractivity contribution < 1.29 is 9.53 Å². The number of anilines is 2. The first-order valence-electron chi connectivity index (χ1n) is 5.79. The van der Waals surface area contributed by atoms with Crippen molar-refractivity contribution in [2.75, 3.05) is 18.2 Å². The van der Waals surface area contributed by atoms with E-state index in [1.54, 1.807) is 24.4 Å². The lowest BCUT2D eigenvalue weighted by atomic mass is 10.1. The van der Waals surface area contributed by atoms with Crippen LogP contribution in [0, 0.1) is 0 Å². The van der Waals surface area contributed by atoms with Crippen molar-refractivity contribution in [2.24, 2.45) is 7.05 Å². The standard InChI is InChI=1S/C13H16N4O2/c1-17-6-5-15-12(17)8-16-11-4-3-9(14)7-10(11)13(18)19-2/h3-7,16H,8,14H2,1-2H3. The van der Waals surface area contributed by atoms with E-state index >= 15 is 0 Å². The number of hydrogen-bond acceptors (Lipinski definition) is 5. The van der Waals surface area contributed by atoms with Gasteiger partial charge in [0.05, 0.1) is 19.2 Å². The number of benzene rings is 1. The van der Waals surface area contributed by atoms with Gasteiger partial charge in [0.25, 0.3) is 0 Å². The molecular formula is C13H16N4O2. The first kappa shape index (κ1) is 12.9. The number of nitrogens with two attached hydrogens (primary N) is 1. The minimum atomic E-state index is -0.422. The minimum Gasteiger partial charge on any atom is -0.465 e. The molecule has 0 aliphatic carbocycles. The number of aromatic nitrogens is 2. The van der Waals surface area contributed by atoms with Crippen LogP contribution in [-0.4, -0.2) is 22.6 Å². The van der Waals surface area contributed by atoms with Crippen LogP contribution in [0.25, 0.3) is 0 Å². The normalized spacial score (nSPS) is 10.2. The number of aryl methyl sites for hydroxylation is 1. The quantitative estimate of drug-likeness (QED) is 0.641. The molecule has 3 N–H and O–H groups in total. The molecule has 6 heteroatoms. The van der Waals surface area contributed by atoms with Crippen molar-refractivity contribution in [2.45, 2.75) is 6.54 Å². The molecule has 1 aromatic heterocycles. The van der Waals surface area contributed by atoms with E-state index in [4.69, 9.17) is 10.5 Å². The van der Waals surface area contributed by atoms with E-state index in [0.29, 0.717) is 23.5 Å². The van der Waals surface area contributed by atoms with Crippen molar-refractivity contribution in [1.29, 1.82) is 0 Å². The lowest BCUT2D eigenvalue weighted by molar-refractivity contribution is 0.0602. The largest absolute Gasteiger partial charge is 0.465 e. The Hall–Kier alpha value is -2.50. The summed E-state index contributed by atoms with van der Waals surface area (Å²) < 4.78 is 6.64. The van der Waals surface area contributed by atoms with Crippen molar-refractivity contribution in [3.05, 3.63) is 42.0 Å². The molecule has 0 aliphatic heterocycles. The van der Waals surface area contributed by atoms with Gasteiger partial charge in [-0.2, -0.15) is 0 Å². The Bertz CT molecular complexity index is 592. The number of imidazole rings is 1. The summed E-state index contributed by atoms with van der Waals surface area (Å²) in [5, 5.41) is 3.16. The van der Waals surface area contributed by atoms with Crippen LogP contribution in [0.3, 0.4) is 0 Å². The maximum Gasteiger partial charge on any atom is 0.340 e. The number of esters is 1. The van der Waals surface area contributed by atoms with E-state index < -0.39 is 5.97 Å². The highest BCUT2D eigenvalue weighted by atomic mass is 16.5. The molecule has 0 atom stereocenters. The Kier molecular flexibility index (Phi) is 3.70. The SMILES string of the molecule is COC(=O)c1cc(N)ccc1NCc1nccn1C. The zero-order chi connectivity index (χ0) is 13.8. The van der Waals surface area contributed by atoms with Crippen LogP contribution >= 0.6 is 0 Å². The van der Waals surface area contributed by atoms with Gasteiger partial charge in [-0.05, 0) is 18.2 Å². The lowest BCUT2D eigenvalue weighted by Gasteiger charge is -2.11. The van der Waals surface area contributed by atoms with Crippen LogP contribution in [0.15, 0.2) is 30.6 Å². The second kappa shape index (κ2) is 5.43. The molecule has 6 nitrogen and oxygen atoms in total. The molecule has 0 unspecified atom stereocenters. The van der Waals surface area contributed by atoms with Crippen LogP contribution in [0.4, 0.5) is 11.4 Å². The van der Waals surface area contributed by atoms with E-state index in [2.05, 4.69) is 10.3 Å². The second-order valence-corrected chi connectivity index (χ2v) is 4.10. The molecule has 0 fully saturated rings. The summed E-state index contributed by atoms with van der Waals surface area (Å²) in [6, 6.07) is 5.07. The number of nitrogens with zero attached hydrogens (tertiary/aromatic N) is 2. The summed E-state index contributed by atoms with van der Waals surface area (Å²) in [7, 11) is 3.25. The third kappa shape index (κ3) is 2.85. The van der Waals surface area contributed by atoms with Crippen LogP contribution in [0.2, 0.25) is 0 Å². The average molecular weight is 260 g/mol. The highest BCUT2D eigenvalue weighted by molar-refractivity contribution is 5.96. The summed E-state index contributed by atoms with van der Waals surface area (Å²) in [6.07, 6.45) is 3.59. The van der Waals surface area contributed by atoms with E-state index in [-0.39, 0.29) is 0 Å². The topological polar surface area (TPSA) is 82.2 Å². The zero-order valence-corrected chi connectivity index (χ0v) is 10.9. The summed E-state index contributed by atoms with van der Waals surface area (Å²) in [5.41, 5.74) is 7.28. The molecule has 0 aliphatic rings. The number of methoxy groups -OCH3 is 1. The number of ether oxygens (including phenoxy) is 1. The molecule has 1 aromatic carbocycles. The summed E-state index contributed by atoms with van der Waals surface area (Å²) >= 11 is 0. The Morgan fingerprint density at radius 1 is 1.53 bits per heavy atom. The van der Waals surface area contributed by atoms with Gasteiger partial charge in [0.15, 0.2) is 0 Å². The highest BCUT2D eigenvalue weighted by Gasteiger charge is 2.12. The fourth-order valence-electron chi connectivity index (χ4n) is 1.74. The van der Waals surface area contributed by atoms with E-state index in [1.807, 2.05) is 17.8 Å². The number of nitrogen functional groups attached to an aromatic ring is 1. The Labute approximate surface area is 111 Å². The summed E-state index contributed by atoms with van der Waals surface area (Å²) in [5.74, 6) is 0.447. The fraction of sp³-hybridized carbons (Fsp3) is 0.231. The van der Waals surface area contributed by atoms with E-state index in [1.165, 1.54) is 7.11 Å². The third-order valence-corrected chi connectivity index (χ3v) is 2.81. The van der Waals surface area contributed by atoms with Gasteiger partial charge in [-0.15, -0.1) is 0 Å². The van der Waals surface area contributed by atoms with Crippen LogP contribution in [0.1, 0.15) is 16.2 Å². The average Bonchev–Trinajstić information content (AvgIpc) is 2.82. The van der Waals surface area contributed by atoms with Crippen LogP contribution < -0.4 is 11.1 Å². The number of nitrogens with one attached hydrogen (secondary N) is 1. The van der Waals surface area contributed by atoms with Gasteiger partial charge in [-0.3, -0.25) is 0 Å². The van der Waals surface area contributed by atoms with Crippen molar-refractivity contribution >= 4 is 17.3 Å². The molecule has 100 valence electrons. The first-order chi connectivity index (χ1) is 9.11. The van der Waals surface area contributed by atoms with Crippen molar-refractivity contribution in [3.63, 3.8) is 0 Å². The third-order valence-electron chi connectivity index (χ3n) is 2.81. The molecule has 0 saturated heterocycles. The molecule has 1 heterocycles. The van der Waals surface area contributed by atoms with Gasteiger partial charge >= 0.3 is 5.97 Å². The molecular weight excluding hydrogens is 244 g/mol. The van der Waals surface area contributed by atoms with Crippen LogP contribution in [-0.2, 0) is 18.3 Å². The molecule has 2 rings (SSSR count). The molecule has 0 spiro atoms. The van der Waals surface area contributed by atoms with Crippen molar-refractivity contribution in [1.82, 2.24) is 9.55 Å². The number of carbonyl (C=O) groups excluding carboxylic acids is 1. The predicted molar refractivity (Wildman–Crippen MR) is 72.7 cm³/mol. The number of rotatable bonds is 4. The predicted octanol–water partition coefficient (Wildman–Crippen LogP) is 1.40. The van der Waals surface area contributed by atoms with E-state index in [9.17, 15) is 4.79 Å². The van der Waals surface area contributed by atoms with Gasteiger partial charge in [-0.25, -0.2) is 9.78 Å².